The molecule has 2 aromatic rings. The number of methoxy groups -OCH3 is 1. The highest BCUT2D eigenvalue weighted by Gasteiger charge is 2.45. The lowest BCUT2D eigenvalue weighted by molar-refractivity contribution is -0.161. The molecule has 0 amide bonds. The Hall–Kier alpha value is -2.59. The molecule has 8 nitrogen and oxygen atoms in total. The van der Waals surface area contributed by atoms with Crippen molar-refractivity contribution >= 4 is 33.3 Å². The Balaban J connectivity index is 1.82. The van der Waals surface area contributed by atoms with Gasteiger partial charge in [-0.1, -0.05) is 35.9 Å². The Labute approximate surface area is 236 Å². The van der Waals surface area contributed by atoms with Gasteiger partial charge >= 0.3 is 5.97 Å². The van der Waals surface area contributed by atoms with Crippen LogP contribution < -0.4 is 9.64 Å². The van der Waals surface area contributed by atoms with Crippen LogP contribution in [0.5, 0.6) is 5.75 Å². The molecule has 2 heterocycles. The molecule has 0 aromatic heterocycles. The van der Waals surface area contributed by atoms with E-state index in [1.165, 1.54) is 7.05 Å². The molecule has 2 aliphatic rings. The van der Waals surface area contributed by atoms with Gasteiger partial charge in [0.15, 0.2) is 0 Å². The van der Waals surface area contributed by atoms with Crippen LogP contribution >= 0.6 is 11.6 Å². The number of fused-ring (bicyclic) bond motifs is 2. The van der Waals surface area contributed by atoms with Crippen molar-refractivity contribution < 1.29 is 27.8 Å². The van der Waals surface area contributed by atoms with Crippen molar-refractivity contribution in [1.29, 1.82) is 0 Å². The van der Waals surface area contributed by atoms with E-state index in [-0.39, 0.29) is 12.1 Å². The van der Waals surface area contributed by atoms with E-state index in [9.17, 15) is 18.3 Å². The molecule has 2 aliphatic heterocycles. The van der Waals surface area contributed by atoms with Crippen LogP contribution in [0.25, 0.3) is 0 Å². The van der Waals surface area contributed by atoms with Crippen LogP contribution in [0.4, 0.5) is 5.69 Å². The van der Waals surface area contributed by atoms with Crippen molar-refractivity contribution in [2.45, 2.75) is 50.7 Å². The first-order valence-corrected chi connectivity index (χ1v) is 15.3. The lowest BCUT2D eigenvalue weighted by Gasteiger charge is -2.31. The number of halogens is 1. The summed E-state index contributed by atoms with van der Waals surface area (Å²) < 4.78 is 38.8. The summed E-state index contributed by atoms with van der Waals surface area (Å²) in [6.45, 7) is 1.97. The molecule has 1 N–H and O–H groups in total. The number of ether oxygens (including phenoxy) is 2. The van der Waals surface area contributed by atoms with Gasteiger partial charge in [-0.15, -0.1) is 0 Å². The van der Waals surface area contributed by atoms with E-state index in [0.29, 0.717) is 23.1 Å². The second kappa shape index (κ2) is 12.7. The molecule has 2 aromatic carbocycles. The molecule has 0 radical (unpaired) electrons. The van der Waals surface area contributed by atoms with Crippen molar-refractivity contribution in [3.63, 3.8) is 0 Å². The maximum absolute atomic E-state index is 13.2. The van der Waals surface area contributed by atoms with E-state index >= 15 is 0 Å². The smallest absolute Gasteiger partial charge is 0.343 e. The van der Waals surface area contributed by atoms with Gasteiger partial charge in [0.1, 0.15) is 18.1 Å². The van der Waals surface area contributed by atoms with Gasteiger partial charge in [0.25, 0.3) is 0 Å². The van der Waals surface area contributed by atoms with Crippen molar-refractivity contribution in [2.24, 2.45) is 0 Å². The average Bonchev–Trinajstić information content (AvgIpc) is 2.94. The fraction of sp³-hybridized carbons (Fsp3) is 0.483. The number of allylic oxidation sites excluding steroid dienone is 1. The monoisotopic (exact) mass is 576 g/mol. The molecule has 0 saturated heterocycles. The molecule has 4 rings (SSSR count). The number of nitrogens with zero attached hydrogens (tertiary/aromatic N) is 2. The fourth-order valence-corrected chi connectivity index (χ4v) is 6.60. The number of hydrogen-bond donors (Lipinski definition) is 1. The van der Waals surface area contributed by atoms with Gasteiger partial charge < -0.3 is 19.5 Å². The number of aliphatic hydroxyl groups is 1. The Kier molecular flexibility index (Phi) is 9.59. The summed E-state index contributed by atoms with van der Waals surface area (Å²) in [5, 5.41) is 12.3. The first kappa shape index (κ1) is 29.4. The second-order valence-corrected chi connectivity index (χ2v) is 12.7. The molecular formula is C29H37ClN2O6S. The zero-order chi connectivity index (χ0) is 28.0. The SMILES string of the molecule is COC(=O)[C@@]1(O)CS(=O)(=O)N(C)C/C=C/CCCCN2CCCCc3cc(Cl)ccc3COc3ccc1cc32. The first-order chi connectivity index (χ1) is 18.6. The number of carbonyl (C=O) groups excluding carboxylic acids is 1. The third kappa shape index (κ3) is 6.95. The third-order valence-corrected chi connectivity index (χ3v) is 9.54. The van der Waals surface area contributed by atoms with Crippen LogP contribution in [-0.4, -0.2) is 63.3 Å². The normalized spacial score (nSPS) is 23.6. The van der Waals surface area contributed by atoms with Crippen LogP contribution in [0.3, 0.4) is 0 Å². The van der Waals surface area contributed by atoms with Crippen molar-refractivity contribution in [3.8, 4) is 5.75 Å². The number of aryl methyl sites for hydroxylation is 1. The molecule has 10 heteroatoms. The summed E-state index contributed by atoms with van der Waals surface area (Å²) in [7, 11) is -1.44. The van der Waals surface area contributed by atoms with Gasteiger partial charge in [-0.2, -0.15) is 0 Å². The number of esters is 1. The predicted molar refractivity (Wildman–Crippen MR) is 153 cm³/mol. The van der Waals surface area contributed by atoms with Crippen LogP contribution in [0.15, 0.2) is 48.6 Å². The Bertz CT molecular complexity index is 1310. The van der Waals surface area contributed by atoms with E-state index in [0.717, 1.165) is 74.2 Å². The fourth-order valence-electron chi connectivity index (χ4n) is 5.06. The van der Waals surface area contributed by atoms with Crippen LogP contribution in [0, 0.1) is 0 Å². The average molecular weight is 577 g/mol. The number of hydrogen-bond acceptors (Lipinski definition) is 7. The van der Waals surface area contributed by atoms with Gasteiger partial charge in [-0.05, 0) is 79.5 Å². The molecule has 0 spiro atoms. The minimum Gasteiger partial charge on any atom is -0.487 e. The number of likely N-dealkylation sites (N-methyl/N-ethyl adjacent to an activating group) is 1. The highest BCUT2D eigenvalue weighted by Crippen LogP contribution is 2.37. The lowest BCUT2D eigenvalue weighted by Crippen LogP contribution is -2.46. The molecule has 39 heavy (non-hydrogen) atoms. The highest BCUT2D eigenvalue weighted by atomic mass is 35.5. The lowest BCUT2D eigenvalue weighted by atomic mass is 9.94. The largest absolute Gasteiger partial charge is 0.487 e. The minimum absolute atomic E-state index is 0.145. The first-order valence-electron chi connectivity index (χ1n) is 13.3. The van der Waals surface area contributed by atoms with Gasteiger partial charge in [0.2, 0.25) is 15.6 Å². The molecule has 212 valence electrons. The summed E-state index contributed by atoms with van der Waals surface area (Å²) in [5.41, 5.74) is 0.662. The number of sulfonamides is 1. The molecule has 0 saturated carbocycles. The van der Waals surface area contributed by atoms with E-state index < -0.39 is 27.3 Å². The van der Waals surface area contributed by atoms with Crippen LogP contribution in [-0.2, 0) is 38.2 Å². The zero-order valence-corrected chi connectivity index (χ0v) is 24.1. The summed E-state index contributed by atoms with van der Waals surface area (Å²) in [6.07, 6.45) is 9.21. The van der Waals surface area contributed by atoms with E-state index in [2.05, 4.69) is 4.90 Å². The number of rotatable bonds is 1. The maximum atomic E-state index is 13.2. The second-order valence-electron chi connectivity index (χ2n) is 10.2. The number of anilines is 1. The molecule has 0 aliphatic carbocycles. The molecule has 0 unspecified atom stereocenters. The Morgan fingerprint density at radius 3 is 2.59 bits per heavy atom. The Morgan fingerprint density at radius 1 is 1.05 bits per heavy atom. The summed E-state index contributed by atoms with van der Waals surface area (Å²) in [6, 6.07) is 10.8. The third-order valence-electron chi connectivity index (χ3n) is 7.42. The zero-order valence-electron chi connectivity index (χ0n) is 22.6. The van der Waals surface area contributed by atoms with Gasteiger partial charge in [-0.25, -0.2) is 17.5 Å². The molecule has 1 atom stereocenters. The van der Waals surface area contributed by atoms with E-state index in [4.69, 9.17) is 21.1 Å². The van der Waals surface area contributed by atoms with Crippen LogP contribution in [0.1, 0.15) is 48.8 Å². The molecule has 0 fully saturated rings. The topological polar surface area (TPSA) is 96.4 Å². The van der Waals surface area contributed by atoms with Gasteiger partial charge in [0.05, 0.1) is 12.8 Å². The van der Waals surface area contributed by atoms with Crippen molar-refractivity contribution in [2.75, 3.05) is 44.4 Å². The van der Waals surface area contributed by atoms with E-state index in [1.807, 2.05) is 24.3 Å². The summed E-state index contributed by atoms with van der Waals surface area (Å²) >= 11 is 6.27. The molecular weight excluding hydrogens is 540 g/mol. The highest BCUT2D eigenvalue weighted by molar-refractivity contribution is 7.89. The van der Waals surface area contributed by atoms with Gasteiger partial charge in [0, 0.05) is 31.7 Å². The number of benzene rings is 2. The predicted octanol–water partition coefficient (Wildman–Crippen LogP) is 4.42. The standard InChI is InChI=1S/C29H37ClN2O6S/c1-31-15-7-4-3-5-8-16-32-17-9-6-10-22-18-25(30)13-11-23(22)20-38-27-14-12-24(19-26(27)32)29(34,28(33)37-2)21-39(31,35)36/h4,7,11-14,18-19,34H,3,5-6,8-10,15-17,20-21H2,1-2H3/b7-4+/t29-/m1/s1. The molecule has 2 bridgehead atoms. The van der Waals surface area contributed by atoms with Crippen molar-refractivity contribution in [1.82, 2.24) is 4.31 Å². The summed E-state index contributed by atoms with van der Waals surface area (Å²) in [4.78, 5) is 15.2. The summed E-state index contributed by atoms with van der Waals surface area (Å²) in [5.74, 6) is -1.28. The van der Waals surface area contributed by atoms with Crippen molar-refractivity contribution in [3.05, 3.63) is 70.3 Å². The number of carbonyl (C=O) groups is 1. The quantitative estimate of drug-likeness (QED) is 0.396. The van der Waals surface area contributed by atoms with Crippen LogP contribution in [0.2, 0.25) is 5.02 Å². The Morgan fingerprint density at radius 2 is 1.82 bits per heavy atom. The van der Waals surface area contributed by atoms with Gasteiger partial charge in [-0.3, -0.25) is 0 Å². The van der Waals surface area contributed by atoms with E-state index in [1.54, 1.807) is 24.3 Å². The minimum atomic E-state index is -4.02. The maximum Gasteiger partial charge on any atom is 0.343 e.